The highest BCUT2D eigenvalue weighted by molar-refractivity contribution is 9.11. The zero-order valence-corrected chi connectivity index (χ0v) is 15.6. The molecule has 1 atom stereocenters. The van der Waals surface area contributed by atoms with Gasteiger partial charge in [-0.2, -0.15) is 0 Å². The van der Waals surface area contributed by atoms with E-state index in [9.17, 15) is 0 Å². The highest BCUT2D eigenvalue weighted by Crippen LogP contribution is 2.39. The number of rotatable bonds is 4. The van der Waals surface area contributed by atoms with E-state index in [0.29, 0.717) is 0 Å². The highest BCUT2D eigenvalue weighted by atomic mass is 79.9. The molecule has 0 fully saturated rings. The zero-order chi connectivity index (χ0) is 14.1. The molecule has 5 heteroatoms. The van der Waals surface area contributed by atoms with Crippen LogP contribution in [0.15, 0.2) is 44.0 Å². The summed E-state index contributed by atoms with van der Waals surface area (Å²) in [5.41, 5.74) is 1.36. The second-order valence-electron chi connectivity index (χ2n) is 4.44. The molecule has 2 aromatic heterocycles. The molecule has 20 heavy (non-hydrogen) atoms. The lowest BCUT2D eigenvalue weighted by atomic mass is 10.0. The number of fused-ring (bicyclic) bond motifs is 1. The van der Waals surface area contributed by atoms with E-state index in [0.717, 1.165) is 6.54 Å². The molecule has 0 bridgehead atoms. The molecule has 1 unspecified atom stereocenters. The lowest BCUT2D eigenvalue weighted by Gasteiger charge is -2.16. The number of nitrogens with one attached hydrogen (secondary N) is 1. The van der Waals surface area contributed by atoms with Crippen molar-refractivity contribution in [1.29, 1.82) is 0 Å². The van der Waals surface area contributed by atoms with E-state index >= 15 is 0 Å². The van der Waals surface area contributed by atoms with Crippen LogP contribution in [-0.4, -0.2) is 6.54 Å². The normalized spacial score (nSPS) is 12.9. The van der Waals surface area contributed by atoms with Crippen LogP contribution in [0.4, 0.5) is 0 Å². The molecular weight excluding hydrogens is 418 g/mol. The lowest BCUT2D eigenvalue weighted by Crippen LogP contribution is -2.20. The van der Waals surface area contributed by atoms with Crippen LogP contribution in [-0.2, 0) is 0 Å². The Bertz CT molecular complexity index is 732. The molecule has 0 aliphatic rings. The molecule has 0 radical (unpaired) electrons. The summed E-state index contributed by atoms with van der Waals surface area (Å²) < 4.78 is 3.67. The summed E-state index contributed by atoms with van der Waals surface area (Å²) in [6, 6.07) is 11.0. The maximum absolute atomic E-state index is 3.64. The summed E-state index contributed by atoms with van der Waals surface area (Å²) in [4.78, 5) is 1.35. The first-order chi connectivity index (χ1) is 9.70. The molecular formula is C15H13Br2NS2. The van der Waals surface area contributed by atoms with Gasteiger partial charge in [0, 0.05) is 14.0 Å². The quantitative estimate of drug-likeness (QED) is 0.520. The van der Waals surface area contributed by atoms with Crippen LogP contribution in [0.25, 0.3) is 10.1 Å². The summed E-state index contributed by atoms with van der Waals surface area (Å²) in [5.74, 6) is 0. The van der Waals surface area contributed by atoms with E-state index in [1.54, 1.807) is 22.7 Å². The molecule has 1 aromatic carbocycles. The number of halogens is 2. The van der Waals surface area contributed by atoms with Crippen LogP contribution >= 0.6 is 54.5 Å². The Morgan fingerprint density at radius 2 is 2.05 bits per heavy atom. The van der Waals surface area contributed by atoms with Crippen molar-refractivity contribution in [2.24, 2.45) is 0 Å². The van der Waals surface area contributed by atoms with Gasteiger partial charge in [-0.15, -0.1) is 22.7 Å². The van der Waals surface area contributed by atoms with Crippen molar-refractivity contribution < 1.29 is 0 Å². The van der Waals surface area contributed by atoms with Crippen LogP contribution in [0.3, 0.4) is 0 Å². The number of benzene rings is 1. The SMILES string of the molecule is CCNC(c1ccc(Br)s1)c1csc2c(Br)cccc12. The molecule has 2 heterocycles. The first kappa shape index (κ1) is 14.7. The van der Waals surface area contributed by atoms with Crippen molar-refractivity contribution in [3.05, 3.63) is 54.4 Å². The summed E-state index contributed by atoms with van der Waals surface area (Å²) in [6.07, 6.45) is 0. The van der Waals surface area contributed by atoms with Crippen molar-refractivity contribution >= 4 is 64.6 Å². The molecule has 0 aliphatic carbocycles. The summed E-state index contributed by atoms with van der Waals surface area (Å²) in [7, 11) is 0. The molecule has 3 rings (SSSR count). The topological polar surface area (TPSA) is 12.0 Å². The van der Waals surface area contributed by atoms with Crippen molar-refractivity contribution in [3.63, 3.8) is 0 Å². The maximum Gasteiger partial charge on any atom is 0.0702 e. The van der Waals surface area contributed by atoms with Gasteiger partial charge in [0.1, 0.15) is 0 Å². The van der Waals surface area contributed by atoms with Crippen LogP contribution in [0.5, 0.6) is 0 Å². The van der Waals surface area contributed by atoms with Gasteiger partial charge in [0.15, 0.2) is 0 Å². The third-order valence-electron chi connectivity index (χ3n) is 3.18. The minimum absolute atomic E-state index is 0.263. The zero-order valence-electron chi connectivity index (χ0n) is 10.8. The lowest BCUT2D eigenvalue weighted by molar-refractivity contribution is 0.645. The Balaban J connectivity index is 2.12. The standard InChI is InChI=1S/C15H13Br2NS2/c1-2-18-14(12-6-7-13(17)20-12)10-8-19-15-9(10)4-3-5-11(15)16/h3-8,14,18H,2H2,1H3. The number of hydrogen-bond acceptors (Lipinski definition) is 3. The van der Waals surface area contributed by atoms with E-state index in [4.69, 9.17) is 0 Å². The molecule has 0 saturated heterocycles. The fourth-order valence-corrected chi connectivity index (χ4v) is 5.48. The van der Waals surface area contributed by atoms with Crippen molar-refractivity contribution in [3.8, 4) is 0 Å². The first-order valence-corrected chi connectivity index (χ1v) is 9.63. The predicted molar refractivity (Wildman–Crippen MR) is 97.1 cm³/mol. The molecule has 1 N–H and O–H groups in total. The molecule has 0 saturated carbocycles. The largest absolute Gasteiger partial charge is 0.306 e. The third-order valence-corrected chi connectivity index (χ3v) is 6.84. The van der Waals surface area contributed by atoms with Gasteiger partial charge in [0.2, 0.25) is 0 Å². The Morgan fingerprint density at radius 1 is 1.20 bits per heavy atom. The smallest absolute Gasteiger partial charge is 0.0702 e. The van der Waals surface area contributed by atoms with E-state index in [1.165, 1.54) is 28.8 Å². The average Bonchev–Trinajstić information content (AvgIpc) is 3.04. The first-order valence-electron chi connectivity index (χ1n) is 6.35. The van der Waals surface area contributed by atoms with E-state index in [2.05, 4.69) is 79.8 Å². The highest BCUT2D eigenvalue weighted by Gasteiger charge is 2.19. The van der Waals surface area contributed by atoms with Gasteiger partial charge in [-0.05, 0) is 72.9 Å². The Hall–Kier alpha value is -0.200. The molecule has 3 aromatic rings. The second kappa shape index (κ2) is 6.28. The minimum atomic E-state index is 0.263. The van der Waals surface area contributed by atoms with Gasteiger partial charge in [0.05, 0.1) is 9.83 Å². The Morgan fingerprint density at radius 3 is 2.75 bits per heavy atom. The predicted octanol–water partition coefficient (Wildman–Crippen LogP) is 6.19. The maximum atomic E-state index is 3.64. The molecule has 0 amide bonds. The van der Waals surface area contributed by atoms with Crippen molar-refractivity contribution in [1.82, 2.24) is 5.32 Å². The summed E-state index contributed by atoms with van der Waals surface area (Å²) in [6.45, 7) is 3.10. The molecule has 1 nitrogen and oxygen atoms in total. The van der Waals surface area contributed by atoms with Crippen LogP contribution in [0.2, 0.25) is 0 Å². The second-order valence-corrected chi connectivity index (χ2v) is 8.67. The number of hydrogen-bond donors (Lipinski definition) is 1. The molecule has 0 spiro atoms. The third kappa shape index (κ3) is 2.74. The Kier molecular flexibility index (Phi) is 4.62. The monoisotopic (exact) mass is 429 g/mol. The fourth-order valence-electron chi connectivity index (χ4n) is 2.32. The van der Waals surface area contributed by atoms with Gasteiger partial charge in [0.25, 0.3) is 0 Å². The minimum Gasteiger partial charge on any atom is -0.306 e. The van der Waals surface area contributed by atoms with E-state index < -0.39 is 0 Å². The summed E-state index contributed by atoms with van der Waals surface area (Å²) in [5, 5.41) is 7.21. The molecule has 0 aliphatic heterocycles. The van der Waals surface area contributed by atoms with Crippen LogP contribution in [0, 0.1) is 0 Å². The van der Waals surface area contributed by atoms with E-state index in [-0.39, 0.29) is 6.04 Å². The van der Waals surface area contributed by atoms with Gasteiger partial charge >= 0.3 is 0 Å². The van der Waals surface area contributed by atoms with Crippen molar-refractivity contribution in [2.75, 3.05) is 6.54 Å². The van der Waals surface area contributed by atoms with Gasteiger partial charge < -0.3 is 5.32 Å². The van der Waals surface area contributed by atoms with Crippen molar-refractivity contribution in [2.45, 2.75) is 13.0 Å². The van der Waals surface area contributed by atoms with Crippen LogP contribution < -0.4 is 5.32 Å². The fraction of sp³-hybridized carbons (Fsp3) is 0.200. The number of thiophene rings is 2. The van der Waals surface area contributed by atoms with Crippen LogP contribution in [0.1, 0.15) is 23.4 Å². The summed E-state index contributed by atoms with van der Waals surface area (Å²) >= 11 is 10.8. The average molecular weight is 431 g/mol. The molecule has 104 valence electrons. The van der Waals surface area contributed by atoms with E-state index in [1.807, 2.05) is 0 Å². The van der Waals surface area contributed by atoms with Gasteiger partial charge in [-0.1, -0.05) is 19.1 Å². The van der Waals surface area contributed by atoms with Gasteiger partial charge in [-0.25, -0.2) is 0 Å². The van der Waals surface area contributed by atoms with Gasteiger partial charge in [-0.3, -0.25) is 0 Å². The Labute approximate surface area is 143 Å².